The van der Waals surface area contributed by atoms with E-state index in [1.54, 1.807) is 10.8 Å². The van der Waals surface area contributed by atoms with Crippen molar-refractivity contribution in [1.82, 2.24) is 4.98 Å². The van der Waals surface area contributed by atoms with Crippen LogP contribution in [-0.4, -0.2) is 16.2 Å². The molecule has 5 nitrogen and oxygen atoms in total. The van der Waals surface area contributed by atoms with E-state index in [9.17, 15) is 14.9 Å². The average Bonchev–Trinajstić information content (AvgIpc) is 2.76. The van der Waals surface area contributed by atoms with Crippen molar-refractivity contribution in [3.05, 3.63) is 44.8 Å². The number of aromatic nitrogens is 1. The van der Waals surface area contributed by atoms with Crippen LogP contribution in [-0.2, 0) is 0 Å². The molecule has 0 spiro atoms. The summed E-state index contributed by atoms with van der Waals surface area (Å²) in [7, 11) is 0. The van der Waals surface area contributed by atoms with Crippen LogP contribution >= 0.6 is 11.3 Å². The third-order valence-corrected chi connectivity index (χ3v) is 2.82. The van der Waals surface area contributed by atoms with E-state index >= 15 is 0 Å². The number of carbonyl (C=O) groups excluding carboxylic acids is 1. The van der Waals surface area contributed by atoms with Crippen molar-refractivity contribution in [2.75, 3.05) is 0 Å². The van der Waals surface area contributed by atoms with Gasteiger partial charge in [0, 0.05) is 34.2 Å². The van der Waals surface area contributed by atoms with E-state index < -0.39 is 4.92 Å². The molecule has 2 rings (SSSR count). The van der Waals surface area contributed by atoms with Gasteiger partial charge >= 0.3 is 0 Å². The highest BCUT2D eigenvalue weighted by molar-refractivity contribution is 7.08. The number of nitro groups is 1. The number of aldehydes is 1. The molecule has 0 aliphatic heterocycles. The van der Waals surface area contributed by atoms with Gasteiger partial charge in [-0.2, -0.15) is 11.3 Å². The van der Waals surface area contributed by atoms with Gasteiger partial charge in [0.2, 0.25) is 0 Å². The Hall–Kier alpha value is -2.08. The Balaban J connectivity index is 2.64. The molecule has 16 heavy (non-hydrogen) atoms. The topological polar surface area (TPSA) is 73.1 Å². The smallest absolute Gasteiger partial charge is 0.295 e. The molecule has 0 aliphatic rings. The highest BCUT2D eigenvalue weighted by atomic mass is 32.1. The molecule has 2 aromatic rings. The Labute approximate surface area is 94.5 Å². The fourth-order valence-corrected chi connectivity index (χ4v) is 2.12. The Morgan fingerprint density at radius 1 is 1.44 bits per heavy atom. The molecule has 6 heteroatoms. The lowest BCUT2D eigenvalue weighted by molar-refractivity contribution is -0.384. The van der Waals surface area contributed by atoms with Crippen molar-refractivity contribution >= 4 is 23.3 Å². The average molecular weight is 234 g/mol. The Bertz CT molecular complexity index is 551. The van der Waals surface area contributed by atoms with Gasteiger partial charge in [0.05, 0.1) is 4.92 Å². The monoisotopic (exact) mass is 234 g/mol. The molecule has 0 atom stereocenters. The first-order valence-electron chi connectivity index (χ1n) is 4.35. The zero-order valence-electron chi connectivity index (χ0n) is 7.99. The lowest BCUT2D eigenvalue weighted by Crippen LogP contribution is -1.94. The third-order valence-electron chi connectivity index (χ3n) is 2.06. The number of nitrogens with zero attached hydrogens (tertiary/aromatic N) is 2. The van der Waals surface area contributed by atoms with E-state index in [0.717, 1.165) is 0 Å². The Morgan fingerprint density at radius 2 is 2.25 bits per heavy atom. The number of rotatable bonds is 3. The number of hydrogen-bond donors (Lipinski definition) is 0. The molecule has 0 fully saturated rings. The molecule has 0 bridgehead atoms. The maximum atomic E-state index is 10.8. The number of thiophene rings is 1. The summed E-state index contributed by atoms with van der Waals surface area (Å²) in [5, 5.41) is 14.1. The number of pyridine rings is 1. The fourth-order valence-electron chi connectivity index (χ4n) is 1.34. The lowest BCUT2D eigenvalue weighted by Gasteiger charge is -1.99. The van der Waals surface area contributed by atoms with Crippen LogP contribution in [0.15, 0.2) is 29.1 Å². The van der Waals surface area contributed by atoms with Crippen LogP contribution in [0.5, 0.6) is 0 Å². The van der Waals surface area contributed by atoms with Crippen molar-refractivity contribution in [1.29, 1.82) is 0 Å². The molecule has 0 amide bonds. The minimum absolute atomic E-state index is 0.0935. The van der Waals surface area contributed by atoms with Gasteiger partial charge in [0.15, 0.2) is 6.29 Å². The van der Waals surface area contributed by atoms with Crippen molar-refractivity contribution in [3.8, 4) is 11.3 Å². The van der Waals surface area contributed by atoms with Gasteiger partial charge < -0.3 is 0 Å². The minimum Gasteiger partial charge on any atom is -0.298 e. The van der Waals surface area contributed by atoms with Gasteiger partial charge in [0.25, 0.3) is 5.69 Å². The first kappa shape index (κ1) is 10.4. The standard InChI is InChI=1S/C10H6N2O3S/c13-4-7-5-16-6-8(7)10-9(12(14)15)2-1-3-11-10/h1-6H. The molecule has 0 saturated heterocycles. The van der Waals surface area contributed by atoms with Crippen LogP contribution in [0.3, 0.4) is 0 Å². The summed E-state index contributed by atoms with van der Waals surface area (Å²) in [6.07, 6.45) is 2.14. The van der Waals surface area contributed by atoms with Crippen molar-refractivity contribution < 1.29 is 9.72 Å². The molecule has 0 radical (unpaired) electrons. The van der Waals surface area contributed by atoms with Crippen LogP contribution < -0.4 is 0 Å². The van der Waals surface area contributed by atoms with Gasteiger partial charge in [-0.25, -0.2) is 4.98 Å². The summed E-state index contributed by atoms with van der Waals surface area (Å²) >= 11 is 1.31. The zero-order chi connectivity index (χ0) is 11.5. The van der Waals surface area contributed by atoms with Crippen LogP contribution in [0, 0.1) is 10.1 Å². The van der Waals surface area contributed by atoms with Crippen molar-refractivity contribution in [2.24, 2.45) is 0 Å². The van der Waals surface area contributed by atoms with Gasteiger partial charge in [0.1, 0.15) is 5.69 Å². The summed E-state index contributed by atoms with van der Waals surface area (Å²) in [5.74, 6) is 0. The summed E-state index contributed by atoms with van der Waals surface area (Å²) in [6, 6.07) is 2.86. The SMILES string of the molecule is O=Cc1cscc1-c1ncccc1[N+](=O)[O-]. The van der Waals surface area contributed by atoms with E-state index in [-0.39, 0.29) is 11.4 Å². The second-order valence-corrected chi connectivity index (χ2v) is 3.73. The Morgan fingerprint density at radius 3 is 2.94 bits per heavy atom. The fraction of sp³-hybridized carbons (Fsp3) is 0. The summed E-state index contributed by atoms with van der Waals surface area (Å²) in [4.78, 5) is 25.0. The van der Waals surface area contributed by atoms with Gasteiger partial charge in [-0.1, -0.05) is 0 Å². The maximum Gasteiger partial charge on any atom is 0.295 e. The lowest BCUT2D eigenvalue weighted by atomic mass is 10.1. The number of carbonyl (C=O) groups is 1. The van der Waals surface area contributed by atoms with Crippen molar-refractivity contribution in [2.45, 2.75) is 0 Å². The van der Waals surface area contributed by atoms with Gasteiger partial charge in [-0.15, -0.1) is 0 Å². The predicted molar refractivity (Wildman–Crippen MR) is 59.6 cm³/mol. The van der Waals surface area contributed by atoms with Gasteiger partial charge in [-0.3, -0.25) is 14.9 Å². The van der Waals surface area contributed by atoms with Crippen LogP contribution in [0.25, 0.3) is 11.3 Å². The van der Waals surface area contributed by atoms with E-state index in [4.69, 9.17) is 0 Å². The maximum absolute atomic E-state index is 10.8. The highest BCUT2D eigenvalue weighted by Gasteiger charge is 2.18. The molecule has 0 aromatic carbocycles. The van der Waals surface area contributed by atoms with Crippen LogP contribution in [0.2, 0.25) is 0 Å². The molecule has 0 aliphatic carbocycles. The summed E-state index contributed by atoms with van der Waals surface area (Å²) < 4.78 is 0. The summed E-state index contributed by atoms with van der Waals surface area (Å²) in [5.41, 5.74) is 1.07. The molecule has 2 aromatic heterocycles. The Kier molecular flexibility index (Phi) is 2.74. The summed E-state index contributed by atoms with van der Waals surface area (Å²) in [6.45, 7) is 0. The van der Waals surface area contributed by atoms with Crippen LogP contribution in [0.1, 0.15) is 10.4 Å². The van der Waals surface area contributed by atoms with E-state index in [1.165, 1.54) is 29.7 Å². The van der Waals surface area contributed by atoms with E-state index in [1.807, 2.05) is 0 Å². The molecule has 0 N–H and O–H groups in total. The second kappa shape index (κ2) is 4.19. The molecule has 0 unspecified atom stereocenters. The zero-order valence-corrected chi connectivity index (χ0v) is 8.81. The highest BCUT2D eigenvalue weighted by Crippen LogP contribution is 2.31. The minimum atomic E-state index is -0.505. The number of hydrogen-bond acceptors (Lipinski definition) is 5. The second-order valence-electron chi connectivity index (χ2n) is 2.99. The van der Waals surface area contributed by atoms with Crippen molar-refractivity contribution in [3.63, 3.8) is 0 Å². The molecule has 80 valence electrons. The molecule has 2 heterocycles. The first-order chi connectivity index (χ1) is 7.74. The first-order valence-corrected chi connectivity index (χ1v) is 5.29. The largest absolute Gasteiger partial charge is 0.298 e. The van der Waals surface area contributed by atoms with E-state index in [0.29, 0.717) is 17.4 Å². The molecular formula is C10H6N2O3S. The van der Waals surface area contributed by atoms with Gasteiger partial charge in [-0.05, 0) is 6.07 Å². The third kappa shape index (κ3) is 1.70. The predicted octanol–water partition coefficient (Wildman–Crippen LogP) is 2.53. The van der Waals surface area contributed by atoms with E-state index in [2.05, 4.69) is 4.98 Å². The van der Waals surface area contributed by atoms with Crippen LogP contribution in [0.4, 0.5) is 5.69 Å². The molecular weight excluding hydrogens is 228 g/mol. The normalized spacial score (nSPS) is 10.0. The quantitative estimate of drug-likeness (QED) is 0.464. The molecule has 0 saturated carbocycles.